The van der Waals surface area contributed by atoms with Crippen molar-refractivity contribution in [2.24, 2.45) is 0 Å². The van der Waals surface area contributed by atoms with Gasteiger partial charge in [-0.05, 0) is 36.4 Å². The van der Waals surface area contributed by atoms with E-state index < -0.39 is 0 Å². The van der Waals surface area contributed by atoms with Gasteiger partial charge in [0.25, 0.3) is 11.8 Å². The van der Waals surface area contributed by atoms with Gasteiger partial charge in [0.05, 0.1) is 0 Å². The molecule has 0 atom stereocenters. The van der Waals surface area contributed by atoms with Gasteiger partial charge in [-0.2, -0.15) is 0 Å². The number of carbonyl (C=O) groups excluding carboxylic acids is 3. The van der Waals surface area contributed by atoms with Crippen molar-refractivity contribution in [3.05, 3.63) is 59.7 Å². The average molecular weight is 341 g/mol. The molecule has 3 amide bonds. The highest BCUT2D eigenvalue weighted by atomic mass is 16.3. The van der Waals surface area contributed by atoms with Crippen molar-refractivity contribution in [2.75, 3.05) is 18.4 Å². The Balaban J connectivity index is 1.80. The highest BCUT2D eigenvalue weighted by Gasteiger charge is 2.08. The van der Waals surface area contributed by atoms with Crippen LogP contribution in [-0.4, -0.2) is 35.9 Å². The predicted molar refractivity (Wildman–Crippen MR) is 93.5 cm³/mol. The van der Waals surface area contributed by atoms with E-state index in [-0.39, 0.29) is 36.6 Å². The minimum absolute atomic E-state index is 0.0139. The van der Waals surface area contributed by atoms with Crippen LogP contribution in [0.2, 0.25) is 0 Å². The van der Waals surface area contributed by atoms with Crippen molar-refractivity contribution < 1.29 is 19.5 Å². The molecule has 0 fully saturated rings. The van der Waals surface area contributed by atoms with E-state index in [2.05, 4.69) is 16.0 Å². The minimum atomic E-state index is -0.335. The van der Waals surface area contributed by atoms with Gasteiger partial charge in [-0.1, -0.05) is 12.1 Å². The maximum Gasteiger partial charge on any atom is 0.251 e. The molecular formula is C18H19N3O4. The molecular weight excluding hydrogens is 322 g/mol. The van der Waals surface area contributed by atoms with Gasteiger partial charge in [0.15, 0.2) is 0 Å². The zero-order chi connectivity index (χ0) is 18.2. The molecule has 0 bridgehead atoms. The summed E-state index contributed by atoms with van der Waals surface area (Å²) >= 11 is 0. The Hall–Kier alpha value is -3.35. The predicted octanol–water partition coefficient (Wildman–Crippen LogP) is 1.51. The first kappa shape index (κ1) is 18.0. The first-order chi connectivity index (χ1) is 12.0. The van der Waals surface area contributed by atoms with E-state index in [0.29, 0.717) is 16.8 Å². The standard InChI is InChI=1S/C18H19N3O4/c1-12(22)21-15-6-2-4-13(10-15)17(24)19-8-9-20-18(25)14-5-3-7-16(23)11-14/h2-7,10-11,23H,8-9H2,1H3,(H,19,24)(H,20,25)(H,21,22). The summed E-state index contributed by atoms with van der Waals surface area (Å²) < 4.78 is 0. The zero-order valence-electron chi connectivity index (χ0n) is 13.7. The number of hydrogen-bond donors (Lipinski definition) is 4. The quantitative estimate of drug-likeness (QED) is 0.597. The van der Waals surface area contributed by atoms with Crippen molar-refractivity contribution in [2.45, 2.75) is 6.92 Å². The summed E-state index contributed by atoms with van der Waals surface area (Å²) in [5, 5.41) is 17.3. The number of aromatic hydroxyl groups is 1. The van der Waals surface area contributed by atoms with Crippen LogP contribution in [0.15, 0.2) is 48.5 Å². The van der Waals surface area contributed by atoms with E-state index in [1.54, 1.807) is 36.4 Å². The second kappa shape index (κ2) is 8.49. The first-order valence-electron chi connectivity index (χ1n) is 7.69. The molecule has 0 unspecified atom stereocenters. The fraction of sp³-hybridized carbons (Fsp3) is 0.167. The largest absolute Gasteiger partial charge is 0.508 e. The second-order valence-electron chi connectivity index (χ2n) is 5.32. The lowest BCUT2D eigenvalue weighted by molar-refractivity contribution is -0.114. The number of benzene rings is 2. The van der Waals surface area contributed by atoms with Gasteiger partial charge in [0.1, 0.15) is 5.75 Å². The summed E-state index contributed by atoms with van der Waals surface area (Å²) in [6.07, 6.45) is 0. The van der Waals surface area contributed by atoms with Gasteiger partial charge in [0.2, 0.25) is 5.91 Å². The van der Waals surface area contributed by atoms with Crippen LogP contribution in [0.5, 0.6) is 5.75 Å². The van der Waals surface area contributed by atoms with Crippen LogP contribution >= 0.6 is 0 Å². The summed E-state index contributed by atoms with van der Waals surface area (Å²) in [5.41, 5.74) is 1.29. The van der Waals surface area contributed by atoms with Crippen LogP contribution < -0.4 is 16.0 Å². The smallest absolute Gasteiger partial charge is 0.251 e. The molecule has 130 valence electrons. The number of phenolic OH excluding ortho intramolecular Hbond substituents is 1. The molecule has 7 heteroatoms. The van der Waals surface area contributed by atoms with Gasteiger partial charge in [-0.15, -0.1) is 0 Å². The highest BCUT2D eigenvalue weighted by Crippen LogP contribution is 2.11. The van der Waals surface area contributed by atoms with Gasteiger partial charge in [-0.3, -0.25) is 14.4 Å². The maximum atomic E-state index is 12.1. The zero-order valence-corrected chi connectivity index (χ0v) is 13.7. The molecule has 0 radical (unpaired) electrons. The fourth-order valence-electron chi connectivity index (χ4n) is 2.14. The monoisotopic (exact) mass is 341 g/mol. The first-order valence-corrected chi connectivity index (χ1v) is 7.69. The molecule has 7 nitrogen and oxygen atoms in total. The molecule has 25 heavy (non-hydrogen) atoms. The van der Waals surface area contributed by atoms with Gasteiger partial charge in [-0.25, -0.2) is 0 Å². The van der Waals surface area contributed by atoms with Crippen molar-refractivity contribution in [1.82, 2.24) is 10.6 Å². The number of rotatable bonds is 6. The lowest BCUT2D eigenvalue weighted by Gasteiger charge is -2.09. The summed E-state index contributed by atoms with van der Waals surface area (Å²) in [4.78, 5) is 35.0. The Morgan fingerprint density at radius 2 is 1.44 bits per heavy atom. The SMILES string of the molecule is CC(=O)Nc1cccc(C(=O)NCCNC(=O)c2cccc(O)c2)c1. The lowest BCUT2D eigenvalue weighted by atomic mass is 10.2. The number of nitrogens with one attached hydrogen (secondary N) is 3. The molecule has 0 saturated heterocycles. The summed E-state index contributed by atoms with van der Waals surface area (Å²) in [7, 11) is 0. The molecule has 2 rings (SSSR count). The van der Waals surface area contributed by atoms with Crippen LogP contribution in [0.1, 0.15) is 27.6 Å². The minimum Gasteiger partial charge on any atom is -0.508 e. The van der Waals surface area contributed by atoms with Crippen LogP contribution in [0.25, 0.3) is 0 Å². The Morgan fingerprint density at radius 3 is 2.00 bits per heavy atom. The fourth-order valence-corrected chi connectivity index (χ4v) is 2.14. The van der Waals surface area contributed by atoms with Gasteiger partial charge in [0, 0.05) is 36.8 Å². The van der Waals surface area contributed by atoms with Gasteiger partial charge < -0.3 is 21.1 Å². The molecule has 0 heterocycles. The summed E-state index contributed by atoms with van der Waals surface area (Å²) in [6, 6.07) is 12.6. The Morgan fingerprint density at radius 1 is 0.880 bits per heavy atom. The van der Waals surface area contributed by atoms with Gasteiger partial charge >= 0.3 is 0 Å². The van der Waals surface area contributed by atoms with Crippen LogP contribution in [0, 0.1) is 0 Å². The number of carbonyl (C=O) groups is 3. The average Bonchev–Trinajstić information content (AvgIpc) is 2.58. The molecule has 0 spiro atoms. The van der Waals surface area contributed by atoms with Crippen LogP contribution in [0.4, 0.5) is 5.69 Å². The maximum absolute atomic E-state index is 12.1. The molecule has 0 aliphatic heterocycles. The van der Waals surface area contributed by atoms with Crippen LogP contribution in [-0.2, 0) is 4.79 Å². The second-order valence-corrected chi connectivity index (χ2v) is 5.32. The molecule has 2 aromatic carbocycles. The van der Waals surface area contributed by atoms with Crippen molar-refractivity contribution in [3.63, 3.8) is 0 Å². The Kier molecular flexibility index (Phi) is 6.11. The van der Waals surface area contributed by atoms with Crippen molar-refractivity contribution in [3.8, 4) is 5.75 Å². The van der Waals surface area contributed by atoms with E-state index in [1.807, 2.05) is 0 Å². The molecule has 2 aromatic rings. The number of anilines is 1. The summed E-state index contributed by atoms with van der Waals surface area (Å²) in [6.45, 7) is 1.88. The normalized spacial score (nSPS) is 9.96. The van der Waals surface area contributed by atoms with Crippen molar-refractivity contribution >= 4 is 23.4 Å². The Labute approximate surface area is 145 Å². The van der Waals surface area contributed by atoms with Crippen molar-refractivity contribution in [1.29, 1.82) is 0 Å². The van der Waals surface area contributed by atoms with E-state index in [0.717, 1.165) is 0 Å². The number of amides is 3. The molecule has 4 N–H and O–H groups in total. The molecule has 0 aliphatic carbocycles. The highest BCUT2D eigenvalue weighted by molar-refractivity contribution is 5.97. The Bertz CT molecular complexity index is 789. The van der Waals surface area contributed by atoms with E-state index in [9.17, 15) is 19.5 Å². The number of phenols is 1. The summed E-state index contributed by atoms with van der Waals surface area (Å²) in [5.74, 6) is -0.844. The van der Waals surface area contributed by atoms with E-state index in [1.165, 1.54) is 19.1 Å². The van der Waals surface area contributed by atoms with E-state index in [4.69, 9.17) is 0 Å². The third kappa shape index (κ3) is 5.65. The number of hydrogen-bond acceptors (Lipinski definition) is 4. The molecule has 0 saturated carbocycles. The third-order valence-corrected chi connectivity index (χ3v) is 3.25. The molecule has 0 aromatic heterocycles. The third-order valence-electron chi connectivity index (χ3n) is 3.25. The van der Waals surface area contributed by atoms with Crippen LogP contribution in [0.3, 0.4) is 0 Å². The molecule has 0 aliphatic rings. The lowest BCUT2D eigenvalue weighted by Crippen LogP contribution is -2.34. The van der Waals surface area contributed by atoms with E-state index >= 15 is 0 Å². The topological polar surface area (TPSA) is 108 Å².